The fraction of sp³-hybridized carbons (Fsp3) is 0.458. The summed E-state index contributed by atoms with van der Waals surface area (Å²) in [6.07, 6.45) is 4.24. The Labute approximate surface area is 196 Å². The van der Waals surface area contributed by atoms with E-state index in [4.69, 9.17) is 9.72 Å². The van der Waals surface area contributed by atoms with E-state index < -0.39 is 5.25 Å². The van der Waals surface area contributed by atoms with Crippen molar-refractivity contribution < 1.29 is 9.53 Å². The second-order valence-electron chi connectivity index (χ2n) is 8.14. The maximum absolute atomic E-state index is 13.5. The van der Waals surface area contributed by atoms with E-state index in [0.717, 1.165) is 41.5 Å². The number of hydrogen-bond donors (Lipinski definition) is 1. The second kappa shape index (κ2) is 10.2. The van der Waals surface area contributed by atoms with Crippen LogP contribution in [0.5, 0.6) is 0 Å². The summed E-state index contributed by atoms with van der Waals surface area (Å²) in [6.45, 7) is 4.66. The summed E-state index contributed by atoms with van der Waals surface area (Å²) in [5.41, 5.74) is 2.22. The maximum Gasteiger partial charge on any atom is 0.263 e. The topological polar surface area (TPSA) is 73.2 Å². The highest BCUT2D eigenvalue weighted by molar-refractivity contribution is 8.00. The highest BCUT2D eigenvalue weighted by Gasteiger charge is 2.25. The number of carbonyl (C=O) groups excluding carboxylic acids is 1. The van der Waals surface area contributed by atoms with Gasteiger partial charge < -0.3 is 10.1 Å². The van der Waals surface area contributed by atoms with Crippen LogP contribution in [0.3, 0.4) is 0 Å². The van der Waals surface area contributed by atoms with E-state index in [1.54, 1.807) is 23.0 Å². The lowest BCUT2D eigenvalue weighted by Gasteiger charge is -2.19. The van der Waals surface area contributed by atoms with Crippen LogP contribution in [0.25, 0.3) is 10.2 Å². The molecule has 0 fully saturated rings. The number of methoxy groups -OCH3 is 1. The summed E-state index contributed by atoms with van der Waals surface area (Å²) in [4.78, 5) is 33.3. The third kappa shape index (κ3) is 4.77. The molecule has 1 aliphatic rings. The second-order valence-corrected chi connectivity index (χ2v) is 10.5. The van der Waals surface area contributed by atoms with E-state index in [9.17, 15) is 9.59 Å². The molecular weight excluding hydrogens is 442 g/mol. The Morgan fingerprint density at radius 2 is 2.00 bits per heavy atom. The molecule has 4 rings (SSSR count). The van der Waals surface area contributed by atoms with Crippen molar-refractivity contribution in [3.05, 3.63) is 56.7 Å². The highest BCUT2D eigenvalue weighted by Crippen LogP contribution is 2.35. The van der Waals surface area contributed by atoms with Crippen molar-refractivity contribution >= 4 is 39.2 Å². The molecule has 0 saturated heterocycles. The summed E-state index contributed by atoms with van der Waals surface area (Å²) in [5, 5.41) is 4.02. The Morgan fingerprint density at radius 3 is 2.75 bits per heavy atom. The van der Waals surface area contributed by atoms with Crippen LogP contribution in [-0.2, 0) is 28.9 Å². The molecule has 1 aromatic carbocycles. The van der Waals surface area contributed by atoms with Gasteiger partial charge in [-0.25, -0.2) is 4.98 Å². The van der Waals surface area contributed by atoms with Crippen LogP contribution in [0.4, 0.5) is 0 Å². The zero-order chi connectivity index (χ0) is 22.7. The predicted octanol–water partition coefficient (Wildman–Crippen LogP) is 4.34. The Morgan fingerprint density at radius 1 is 1.25 bits per heavy atom. The van der Waals surface area contributed by atoms with E-state index in [2.05, 4.69) is 5.32 Å². The van der Waals surface area contributed by atoms with Gasteiger partial charge in [-0.15, -0.1) is 11.3 Å². The number of carbonyl (C=O) groups is 1. The monoisotopic (exact) mass is 471 g/mol. The van der Waals surface area contributed by atoms with Crippen LogP contribution in [0.2, 0.25) is 0 Å². The number of nitrogens with one attached hydrogen (secondary N) is 1. The standard InChI is InChI=1S/C24H29N3O3S2/c1-15(17-9-5-4-6-10-17)25-21(28)16(2)31-24-26-22-20(23(29)27(24)13-14-30-3)18-11-7-8-12-19(18)32-22/h4-6,9-10,15-16H,7-8,11-14H2,1-3H3,(H,25,28). The molecule has 3 aromatic rings. The normalized spacial score (nSPS) is 15.3. The SMILES string of the molecule is COCCn1c(SC(C)C(=O)NC(C)c2ccccc2)nc2sc3c(c2c1=O)CCCC3. The molecule has 6 nitrogen and oxygen atoms in total. The molecule has 0 spiro atoms. The fourth-order valence-corrected chi connectivity index (χ4v) is 6.30. The molecule has 0 saturated carbocycles. The number of thiophene rings is 1. The first-order valence-corrected chi connectivity index (χ1v) is 12.7. The number of thioether (sulfide) groups is 1. The van der Waals surface area contributed by atoms with Gasteiger partial charge in [0.25, 0.3) is 5.56 Å². The third-order valence-electron chi connectivity index (χ3n) is 5.87. The summed E-state index contributed by atoms with van der Waals surface area (Å²) in [5.74, 6) is -0.0792. The molecule has 2 heterocycles. The van der Waals surface area contributed by atoms with Gasteiger partial charge in [-0.3, -0.25) is 14.2 Å². The Bertz CT molecular complexity index is 1160. The summed E-state index contributed by atoms with van der Waals surface area (Å²) in [6, 6.07) is 9.79. The molecule has 1 aliphatic carbocycles. The average Bonchev–Trinajstić information content (AvgIpc) is 3.17. The smallest absolute Gasteiger partial charge is 0.263 e. The molecule has 1 N–H and O–H groups in total. The number of ether oxygens (including phenoxy) is 1. The first kappa shape index (κ1) is 23.0. The predicted molar refractivity (Wildman–Crippen MR) is 131 cm³/mol. The number of benzene rings is 1. The number of aromatic nitrogens is 2. The van der Waals surface area contributed by atoms with Crippen molar-refractivity contribution in [1.82, 2.24) is 14.9 Å². The Balaban J connectivity index is 1.61. The minimum absolute atomic E-state index is 0.0146. The highest BCUT2D eigenvalue weighted by atomic mass is 32.2. The van der Waals surface area contributed by atoms with Crippen molar-refractivity contribution in [3.8, 4) is 0 Å². The zero-order valence-corrected chi connectivity index (χ0v) is 20.4. The first-order valence-electron chi connectivity index (χ1n) is 11.1. The van der Waals surface area contributed by atoms with Crippen LogP contribution in [0.15, 0.2) is 40.3 Å². The van der Waals surface area contributed by atoms with Crippen LogP contribution in [0, 0.1) is 0 Å². The summed E-state index contributed by atoms with van der Waals surface area (Å²) in [7, 11) is 1.62. The molecule has 8 heteroatoms. The fourth-order valence-electron chi connectivity index (χ4n) is 4.06. The largest absolute Gasteiger partial charge is 0.383 e. The number of amides is 1. The lowest BCUT2D eigenvalue weighted by molar-refractivity contribution is -0.120. The van der Waals surface area contributed by atoms with Crippen LogP contribution < -0.4 is 10.9 Å². The molecule has 32 heavy (non-hydrogen) atoms. The molecule has 2 atom stereocenters. The third-order valence-corrected chi connectivity index (χ3v) is 8.14. The van der Waals surface area contributed by atoms with Gasteiger partial charge in [0, 0.05) is 12.0 Å². The Hall–Kier alpha value is -2.16. The molecule has 0 radical (unpaired) electrons. The lowest BCUT2D eigenvalue weighted by Crippen LogP contribution is -2.34. The van der Waals surface area contributed by atoms with Gasteiger partial charge in [0.2, 0.25) is 5.91 Å². The minimum atomic E-state index is -0.395. The molecule has 2 unspecified atom stereocenters. The van der Waals surface area contributed by atoms with E-state index in [1.165, 1.54) is 22.2 Å². The quantitative estimate of drug-likeness (QED) is 0.391. The van der Waals surface area contributed by atoms with Crippen molar-refractivity contribution in [2.24, 2.45) is 0 Å². The molecule has 0 aliphatic heterocycles. The number of rotatable bonds is 8. The van der Waals surface area contributed by atoms with E-state index in [-0.39, 0.29) is 17.5 Å². The van der Waals surface area contributed by atoms with Crippen LogP contribution >= 0.6 is 23.1 Å². The molecular formula is C24H29N3O3S2. The van der Waals surface area contributed by atoms with Gasteiger partial charge in [-0.05, 0) is 50.7 Å². The number of nitrogens with zero attached hydrogens (tertiary/aromatic N) is 2. The van der Waals surface area contributed by atoms with E-state index in [0.29, 0.717) is 18.3 Å². The Kier molecular flexibility index (Phi) is 7.33. The van der Waals surface area contributed by atoms with E-state index in [1.807, 2.05) is 44.2 Å². The molecule has 0 bridgehead atoms. The summed E-state index contributed by atoms with van der Waals surface area (Å²) < 4.78 is 6.93. The van der Waals surface area contributed by atoms with Crippen molar-refractivity contribution in [1.29, 1.82) is 0 Å². The number of aryl methyl sites for hydroxylation is 2. The van der Waals surface area contributed by atoms with Crippen LogP contribution in [0.1, 0.15) is 48.7 Å². The van der Waals surface area contributed by atoms with Crippen LogP contribution in [-0.4, -0.2) is 34.4 Å². The average molecular weight is 472 g/mol. The first-order chi connectivity index (χ1) is 15.5. The zero-order valence-electron chi connectivity index (χ0n) is 18.7. The van der Waals surface area contributed by atoms with E-state index >= 15 is 0 Å². The molecule has 170 valence electrons. The van der Waals surface area contributed by atoms with Gasteiger partial charge in [-0.2, -0.15) is 0 Å². The van der Waals surface area contributed by atoms with Crippen molar-refractivity contribution in [2.45, 2.75) is 62.5 Å². The van der Waals surface area contributed by atoms with Gasteiger partial charge in [-0.1, -0.05) is 42.1 Å². The van der Waals surface area contributed by atoms with Crippen molar-refractivity contribution in [3.63, 3.8) is 0 Å². The lowest BCUT2D eigenvalue weighted by atomic mass is 9.97. The van der Waals surface area contributed by atoms with Crippen molar-refractivity contribution in [2.75, 3.05) is 13.7 Å². The number of fused-ring (bicyclic) bond motifs is 3. The summed E-state index contributed by atoms with van der Waals surface area (Å²) >= 11 is 2.97. The minimum Gasteiger partial charge on any atom is -0.383 e. The van der Waals surface area contributed by atoms with Gasteiger partial charge in [0.15, 0.2) is 5.16 Å². The maximum atomic E-state index is 13.5. The number of hydrogen-bond acceptors (Lipinski definition) is 6. The van der Waals surface area contributed by atoms with Gasteiger partial charge in [0.1, 0.15) is 4.83 Å². The molecule has 2 aromatic heterocycles. The van der Waals surface area contributed by atoms with Gasteiger partial charge >= 0.3 is 0 Å². The van der Waals surface area contributed by atoms with Gasteiger partial charge in [0.05, 0.1) is 29.8 Å². The molecule has 1 amide bonds.